The normalized spacial score (nSPS) is 24.7. The van der Waals surface area contributed by atoms with Crippen LogP contribution >= 0.6 is 0 Å². The minimum absolute atomic E-state index is 0.258. The van der Waals surface area contributed by atoms with Gasteiger partial charge in [0, 0.05) is 71.3 Å². The Morgan fingerprint density at radius 3 is 2.50 bits per heavy atom. The second kappa shape index (κ2) is 8.61. The summed E-state index contributed by atoms with van der Waals surface area (Å²) in [4.78, 5) is 11.4. The molecule has 28 heavy (non-hydrogen) atoms. The first-order valence-corrected chi connectivity index (χ1v) is 10.1. The van der Waals surface area contributed by atoms with Gasteiger partial charge in [-0.25, -0.2) is 4.98 Å². The zero-order valence-electron chi connectivity index (χ0n) is 16.9. The first-order valence-electron chi connectivity index (χ1n) is 10.1. The predicted octanol–water partition coefficient (Wildman–Crippen LogP) is 0.792. The van der Waals surface area contributed by atoms with E-state index in [1.807, 2.05) is 29.9 Å². The van der Waals surface area contributed by atoms with E-state index in [0.29, 0.717) is 6.61 Å². The van der Waals surface area contributed by atoms with Crippen molar-refractivity contribution < 1.29 is 9.84 Å². The number of aromatic nitrogens is 2. The largest absolute Gasteiger partial charge is 0.486 e. The first kappa shape index (κ1) is 19.4. The number of imidazole rings is 1. The van der Waals surface area contributed by atoms with Gasteiger partial charge in [0.25, 0.3) is 0 Å². The Morgan fingerprint density at radius 1 is 1.07 bits per heavy atom. The number of aryl methyl sites for hydroxylation is 1. The van der Waals surface area contributed by atoms with Gasteiger partial charge in [0.2, 0.25) is 0 Å². The van der Waals surface area contributed by atoms with E-state index in [4.69, 9.17) is 4.74 Å². The van der Waals surface area contributed by atoms with Gasteiger partial charge in [0.05, 0.1) is 6.10 Å². The van der Waals surface area contributed by atoms with E-state index in [1.165, 1.54) is 5.56 Å². The van der Waals surface area contributed by atoms with E-state index >= 15 is 0 Å². The van der Waals surface area contributed by atoms with Gasteiger partial charge in [-0.05, 0) is 24.7 Å². The maximum atomic E-state index is 10.6. The quantitative estimate of drug-likeness (QED) is 0.794. The number of hydrogen-bond donors (Lipinski definition) is 1. The van der Waals surface area contributed by atoms with E-state index < -0.39 is 0 Å². The van der Waals surface area contributed by atoms with Crippen LogP contribution in [-0.2, 0) is 20.2 Å². The standard InChI is InChI=1S/C21H31N5O2/c1-23-9-11-26(12-10-23)19-14-25(15-20(19)27)13-17-3-5-18(6-4-17)28-16-21-22-7-8-24(21)2/h3-8,19-20,27H,9-16H2,1-2H3/t19?,20-/m0/s1. The van der Waals surface area contributed by atoms with Crippen molar-refractivity contribution in [3.8, 4) is 5.75 Å². The molecule has 0 amide bonds. The third kappa shape index (κ3) is 4.55. The van der Waals surface area contributed by atoms with Gasteiger partial charge < -0.3 is 19.3 Å². The molecule has 1 aromatic heterocycles. The van der Waals surface area contributed by atoms with Gasteiger partial charge in [-0.1, -0.05) is 12.1 Å². The molecule has 0 saturated carbocycles. The molecule has 3 heterocycles. The highest BCUT2D eigenvalue weighted by molar-refractivity contribution is 5.27. The number of piperazine rings is 1. The highest BCUT2D eigenvalue weighted by Crippen LogP contribution is 2.21. The molecular formula is C21H31N5O2. The van der Waals surface area contributed by atoms with Gasteiger partial charge in [0.15, 0.2) is 0 Å². The first-order chi connectivity index (χ1) is 13.6. The Bertz CT molecular complexity index is 754. The topological polar surface area (TPSA) is 57.0 Å². The smallest absolute Gasteiger partial charge is 0.146 e. The van der Waals surface area contributed by atoms with Crippen LogP contribution in [0.2, 0.25) is 0 Å². The number of aliphatic hydroxyl groups excluding tert-OH is 1. The summed E-state index contributed by atoms with van der Waals surface area (Å²) < 4.78 is 7.79. The van der Waals surface area contributed by atoms with Crippen molar-refractivity contribution in [1.29, 1.82) is 0 Å². The SMILES string of the molecule is CN1CCN(C2CN(Cc3ccc(OCc4nccn4C)cc3)C[C@@H]2O)CC1. The van der Waals surface area contributed by atoms with E-state index in [1.54, 1.807) is 6.20 Å². The van der Waals surface area contributed by atoms with E-state index in [0.717, 1.165) is 57.4 Å². The zero-order chi connectivity index (χ0) is 19.5. The third-order valence-electron chi connectivity index (χ3n) is 5.96. The number of nitrogens with zero attached hydrogens (tertiary/aromatic N) is 5. The van der Waals surface area contributed by atoms with Crippen molar-refractivity contribution in [2.24, 2.45) is 7.05 Å². The molecule has 0 aliphatic carbocycles. The molecule has 152 valence electrons. The molecule has 1 aromatic carbocycles. The van der Waals surface area contributed by atoms with Crippen molar-refractivity contribution in [2.75, 3.05) is 46.3 Å². The number of β-amino-alcohol motifs (C(OH)–C–C–N with tert-alkyl or cyclic N) is 1. The predicted molar refractivity (Wildman–Crippen MR) is 108 cm³/mol. The molecule has 7 nitrogen and oxygen atoms in total. The van der Waals surface area contributed by atoms with Crippen LogP contribution in [0, 0.1) is 0 Å². The number of aliphatic hydroxyl groups is 1. The fraction of sp³-hybridized carbons (Fsp3) is 0.571. The molecule has 2 saturated heterocycles. The van der Waals surface area contributed by atoms with Crippen molar-refractivity contribution in [1.82, 2.24) is 24.3 Å². The summed E-state index contributed by atoms with van der Waals surface area (Å²) in [6.45, 7) is 7.28. The molecule has 2 atom stereocenters. The number of rotatable bonds is 6. The third-order valence-corrected chi connectivity index (χ3v) is 5.96. The van der Waals surface area contributed by atoms with E-state index in [2.05, 4.69) is 38.9 Å². The monoisotopic (exact) mass is 385 g/mol. The number of ether oxygens (including phenoxy) is 1. The molecule has 4 rings (SSSR count). The number of likely N-dealkylation sites (N-methyl/N-ethyl adjacent to an activating group) is 1. The van der Waals surface area contributed by atoms with Crippen LogP contribution in [0.1, 0.15) is 11.4 Å². The van der Waals surface area contributed by atoms with Crippen LogP contribution in [-0.4, -0.2) is 87.8 Å². The second-order valence-corrected chi connectivity index (χ2v) is 8.06. The van der Waals surface area contributed by atoms with E-state index in [-0.39, 0.29) is 12.1 Å². The second-order valence-electron chi connectivity index (χ2n) is 8.06. The molecule has 2 aliphatic heterocycles. The Kier molecular flexibility index (Phi) is 5.96. The Labute approximate surface area is 167 Å². The number of hydrogen-bond acceptors (Lipinski definition) is 6. The average Bonchev–Trinajstić information content (AvgIpc) is 3.27. The zero-order valence-corrected chi connectivity index (χ0v) is 16.9. The molecule has 7 heteroatoms. The summed E-state index contributed by atoms with van der Waals surface area (Å²) in [6.07, 6.45) is 3.44. The van der Waals surface area contributed by atoms with Crippen LogP contribution in [0.25, 0.3) is 0 Å². The molecule has 2 fully saturated rings. The lowest BCUT2D eigenvalue weighted by Gasteiger charge is -2.37. The fourth-order valence-electron chi connectivity index (χ4n) is 4.12. The van der Waals surface area contributed by atoms with E-state index in [9.17, 15) is 5.11 Å². The molecule has 0 bridgehead atoms. The number of benzene rings is 1. The molecule has 1 unspecified atom stereocenters. The lowest BCUT2D eigenvalue weighted by atomic mass is 10.1. The van der Waals surface area contributed by atoms with Crippen LogP contribution in [0.15, 0.2) is 36.7 Å². The average molecular weight is 386 g/mol. The molecule has 1 N–H and O–H groups in total. The Hall–Kier alpha value is -1.93. The maximum absolute atomic E-state index is 10.6. The summed E-state index contributed by atoms with van der Waals surface area (Å²) in [6, 6.07) is 8.52. The lowest BCUT2D eigenvalue weighted by Crippen LogP contribution is -2.52. The minimum Gasteiger partial charge on any atom is -0.486 e. The summed E-state index contributed by atoms with van der Waals surface area (Å²) in [5.41, 5.74) is 1.25. The molecular weight excluding hydrogens is 354 g/mol. The lowest BCUT2D eigenvalue weighted by molar-refractivity contribution is 0.0512. The molecule has 0 spiro atoms. The van der Waals surface area contributed by atoms with Crippen molar-refractivity contribution in [3.63, 3.8) is 0 Å². The summed E-state index contributed by atoms with van der Waals surface area (Å²) in [5.74, 6) is 1.76. The van der Waals surface area contributed by atoms with Crippen LogP contribution in [0.3, 0.4) is 0 Å². The van der Waals surface area contributed by atoms with Gasteiger partial charge in [-0.15, -0.1) is 0 Å². The fourth-order valence-corrected chi connectivity index (χ4v) is 4.12. The molecule has 2 aromatic rings. The summed E-state index contributed by atoms with van der Waals surface area (Å²) in [5, 5.41) is 10.6. The van der Waals surface area contributed by atoms with Gasteiger partial charge >= 0.3 is 0 Å². The van der Waals surface area contributed by atoms with Crippen molar-refractivity contribution in [3.05, 3.63) is 48.0 Å². The van der Waals surface area contributed by atoms with Crippen LogP contribution < -0.4 is 4.74 Å². The summed E-state index contributed by atoms with van der Waals surface area (Å²) in [7, 11) is 4.13. The number of likely N-dealkylation sites (tertiary alicyclic amines) is 1. The Balaban J connectivity index is 1.28. The Morgan fingerprint density at radius 2 is 1.82 bits per heavy atom. The minimum atomic E-state index is -0.260. The molecule has 0 radical (unpaired) electrons. The van der Waals surface area contributed by atoms with Gasteiger partial charge in [-0.3, -0.25) is 9.80 Å². The highest BCUT2D eigenvalue weighted by atomic mass is 16.5. The summed E-state index contributed by atoms with van der Waals surface area (Å²) >= 11 is 0. The van der Waals surface area contributed by atoms with Crippen molar-refractivity contribution in [2.45, 2.75) is 25.3 Å². The maximum Gasteiger partial charge on any atom is 0.146 e. The molecule has 2 aliphatic rings. The highest BCUT2D eigenvalue weighted by Gasteiger charge is 2.36. The van der Waals surface area contributed by atoms with Crippen LogP contribution in [0.5, 0.6) is 5.75 Å². The van der Waals surface area contributed by atoms with Gasteiger partial charge in [-0.2, -0.15) is 0 Å². The van der Waals surface area contributed by atoms with Crippen LogP contribution in [0.4, 0.5) is 0 Å². The van der Waals surface area contributed by atoms with Crippen molar-refractivity contribution >= 4 is 0 Å². The van der Waals surface area contributed by atoms with Gasteiger partial charge in [0.1, 0.15) is 18.2 Å².